The number of hydrogen-bond donors (Lipinski definition) is 0. The molecule has 0 spiro atoms. The van der Waals surface area contributed by atoms with Crippen LogP contribution in [0.25, 0.3) is 10.1 Å². The SMILES string of the molecule is CCCCC(C)(C)c1ccc(N2c3cc4c(cc3B3c5c2cc(C(C)(C)C)cc5N(c2ccc5c(c2)C(C)(C)CCC5(C)C)c2sc5cc6c(cc5c23)C(C)(C)CCC6(C)C)C(C)(C)CCC4(C)C)cc1CC. The number of fused-ring (bicyclic) bond motifs is 9. The second-order valence-corrected chi connectivity index (χ2v) is 30.7. The third kappa shape index (κ3) is 7.80. The molecule has 3 heterocycles. The van der Waals surface area contributed by atoms with Gasteiger partial charge in [0, 0.05) is 33.1 Å². The van der Waals surface area contributed by atoms with Crippen LogP contribution < -0.4 is 26.2 Å². The Bertz CT molecular complexity index is 3250. The summed E-state index contributed by atoms with van der Waals surface area (Å²) in [6.07, 6.45) is 11.9. The number of hydrogen-bond acceptors (Lipinski definition) is 3. The summed E-state index contributed by atoms with van der Waals surface area (Å²) in [6.45, 7) is 47.1. The molecule has 2 nitrogen and oxygen atoms in total. The van der Waals surface area contributed by atoms with Crippen molar-refractivity contribution in [3.8, 4) is 0 Å². The Morgan fingerprint density at radius 3 is 1.56 bits per heavy atom. The van der Waals surface area contributed by atoms with Crippen LogP contribution in [0, 0.1) is 0 Å². The minimum Gasteiger partial charge on any atom is -0.311 e. The molecule has 0 fully saturated rings. The van der Waals surface area contributed by atoms with Crippen molar-refractivity contribution in [2.24, 2.45) is 0 Å². The summed E-state index contributed by atoms with van der Waals surface area (Å²) in [6, 6.07) is 31.4. The quantitative estimate of drug-likeness (QED) is 0.147. The minimum absolute atomic E-state index is 0.0556. The third-order valence-electron chi connectivity index (χ3n) is 20.2. The van der Waals surface area contributed by atoms with Gasteiger partial charge in [0.1, 0.15) is 0 Å². The molecule has 0 bridgehead atoms. The molecule has 5 aliphatic rings. The number of anilines is 6. The Morgan fingerprint density at radius 2 is 1.00 bits per heavy atom. The van der Waals surface area contributed by atoms with Crippen molar-refractivity contribution in [3.63, 3.8) is 0 Å². The number of rotatable bonds is 7. The lowest BCUT2D eigenvalue weighted by molar-refractivity contribution is 0.332. The van der Waals surface area contributed by atoms with Gasteiger partial charge in [0.05, 0.1) is 5.00 Å². The van der Waals surface area contributed by atoms with E-state index in [-0.39, 0.29) is 50.0 Å². The van der Waals surface area contributed by atoms with E-state index in [0.29, 0.717) is 0 Å². The molecule has 2 aliphatic heterocycles. The van der Waals surface area contributed by atoms with Gasteiger partial charge in [-0.2, -0.15) is 0 Å². The minimum atomic E-state index is -0.0965. The van der Waals surface area contributed by atoms with Crippen LogP contribution in [0.1, 0.15) is 239 Å². The van der Waals surface area contributed by atoms with Crippen molar-refractivity contribution in [2.75, 3.05) is 9.80 Å². The predicted molar refractivity (Wildman–Crippen MR) is 322 cm³/mol. The number of unbranched alkanes of at least 4 members (excludes halogenated alkanes) is 1. The van der Waals surface area contributed by atoms with E-state index in [2.05, 4.69) is 225 Å². The number of aryl methyl sites for hydroxylation is 1. The Balaban J connectivity index is 1.30. The number of nitrogens with zero attached hydrogens (tertiary/aromatic N) is 2. The fraction of sp³-hybridized carbons (Fsp3) is 0.536. The van der Waals surface area contributed by atoms with E-state index in [4.69, 9.17) is 0 Å². The topological polar surface area (TPSA) is 6.48 Å². The lowest BCUT2D eigenvalue weighted by Gasteiger charge is -2.48. The van der Waals surface area contributed by atoms with Gasteiger partial charge in [0.25, 0.3) is 6.71 Å². The van der Waals surface area contributed by atoms with Crippen molar-refractivity contribution < 1.29 is 0 Å². The predicted octanol–water partition coefficient (Wildman–Crippen LogP) is 18.4. The average molecular weight is 989 g/mol. The van der Waals surface area contributed by atoms with Crippen molar-refractivity contribution in [1.29, 1.82) is 0 Å². The lowest BCUT2D eigenvalue weighted by Crippen LogP contribution is -2.61. The van der Waals surface area contributed by atoms with E-state index in [1.807, 2.05) is 0 Å². The molecule has 0 amide bonds. The highest BCUT2D eigenvalue weighted by molar-refractivity contribution is 7.26. The second-order valence-electron chi connectivity index (χ2n) is 29.7. The molecule has 4 heteroatoms. The first kappa shape index (κ1) is 50.9. The summed E-state index contributed by atoms with van der Waals surface area (Å²) in [5, 5.41) is 2.86. The lowest BCUT2D eigenvalue weighted by atomic mass is 9.33. The summed E-state index contributed by atoms with van der Waals surface area (Å²) < 4.78 is 1.43. The second kappa shape index (κ2) is 16.4. The van der Waals surface area contributed by atoms with Gasteiger partial charge in [0.2, 0.25) is 0 Å². The van der Waals surface area contributed by atoms with E-state index < -0.39 is 0 Å². The van der Waals surface area contributed by atoms with Crippen LogP contribution >= 0.6 is 11.3 Å². The first-order valence-corrected chi connectivity index (χ1v) is 29.6. The van der Waals surface area contributed by atoms with Gasteiger partial charge < -0.3 is 9.80 Å². The molecule has 3 aliphatic carbocycles. The van der Waals surface area contributed by atoms with E-state index in [1.54, 1.807) is 16.7 Å². The zero-order valence-corrected chi connectivity index (χ0v) is 49.7. The molecule has 0 N–H and O–H groups in total. The third-order valence-corrected chi connectivity index (χ3v) is 21.4. The first-order chi connectivity index (χ1) is 33.9. The summed E-state index contributed by atoms with van der Waals surface area (Å²) >= 11 is 2.07. The van der Waals surface area contributed by atoms with Crippen LogP contribution in [0.5, 0.6) is 0 Å². The molecule has 0 saturated carbocycles. The van der Waals surface area contributed by atoms with Crippen LogP contribution in [-0.2, 0) is 49.7 Å². The fourth-order valence-electron chi connectivity index (χ4n) is 14.7. The molecule has 0 atom stereocenters. The van der Waals surface area contributed by atoms with Gasteiger partial charge in [-0.15, -0.1) is 11.3 Å². The molecular weight excluding hydrogens is 900 g/mol. The van der Waals surface area contributed by atoms with Gasteiger partial charge in [0.15, 0.2) is 0 Å². The van der Waals surface area contributed by atoms with Crippen LogP contribution in [0.4, 0.5) is 33.4 Å². The normalized spacial score (nSPS) is 20.5. The summed E-state index contributed by atoms with van der Waals surface area (Å²) in [5.41, 5.74) is 25.2. The highest BCUT2D eigenvalue weighted by atomic mass is 32.1. The van der Waals surface area contributed by atoms with Gasteiger partial charge in [-0.1, -0.05) is 163 Å². The Kier molecular flexibility index (Phi) is 11.4. The van der Waals surface area contributed by atoms with Gasteiger partial charge in [-0.3, -0.25) is 0 Å². The largest absolute Gasteiger partial charge is 0.311 e. The molecule has 5 aromatic carbocycles. The highest BCUT2D eigenvalue weighted by Gasteiger charge is 2.50. The highest BCUT2D eigenvalue weighted by Crippen LogP contribution is 2.56. The molecule has 0 saturated heterocycles. The molecule has 384 valence electrons. The zero-order valence-electron chi connectivity index (χ0n) is 48.9. The van der Waals surface area contributed by atoms with Gasteiger partial charge >= 0.3 is 0 Å². The van der Waals surface area contributed by atoms with Crippen molar-refractivity contribution in [1.82, 2.24) is 0 Å². The maximum absolute atomic E-state index is 2.78. The van der Waals surface area contributed by atoms with E-state index >= 15 is 0 Å². The van der Waals surface area contributed by atoms with Crippen LogP contribution in [0.2, 0.25) is 0 Å². The molecular formula is C69H89BN2S. The molecule has 0 unspecified atom stereocenters. The standard InChI is InChI=1S/C69H89BN2S/c1-20-22-27-63(6,7)47-25-23-44(34-42(47)21-2)71-55-40-52-51(67(14,15)31-32-68(52,16)17)39-54(55)70-59-46-38-50-53(69(18,19)33-30-66(50,12)13)41-58(46)73-61(59)72(57-36-43(62(3,4)5)35-56(71)60(57)70)45-24-26-48-49(37-45)65(10,11)29-28-64(48,8)9/h23-26,34-41H,20-22,27-33H2,1-19H3. The number of thiophene rings is 1. The molecule has 11 rings (SSSR count). The Morgan fingerprint density at radius 1 is 0.507 bits per heavy atom. The Hall–Kier alpha value is -4.28. The van der Waals surface area contributed by atoms with Crippen molar-refractivity contribution in [2.45, 2.75) is 239 Å². The van der Waals surface area contributed by atoms with Crippen molar-refractivity contribution >= 4 is 78.0 Å². The maximum Gasteiger partial charge on any atom is 0.254 e. The van der Waals surface area contributed by atoms with Crippen LogP contribution in [-0.4, -0.2) is 6.71 Å². The van der Waals surface area contributed by atoms with E-state index in [1.165, 1.54) is 151 Å². The first-order valence-electron chi connectivity index (χ1n) is 28.8. The monoisotopic (exact) mass is 989 g/mol. The molecule has 1 aromatic heterocycles. The number of benzene rings is 5. The molecule has 0 radical (unpaired) electrons. The van der Waals surface area contributed by atoms with Crippen molar-refractivity contribution in [3.05, 3.63) is 123 Å². The Labute approximate surface area is 447 Å². The summed E-state index contributed by atoms with van der Waals surface area (Å²) in [7, 11) is 0. The smallest absolute Gasteiger partial charge is 0.254 e. The van der Waals surface area contributed by atoms with E-state index in [0.717, 1.165) is 6.42 Å². The van der Waals surface area contributed by atoms with Crippen LogP contribution in [0.3, 0.4) is 0 Å². The molecule has 73 heavy (non-hydrogen) atoms. The molecule has 6 aromatic rings. The van der Waals surface area contributed by atoms with Gasteiger partial charge in [-0.05, 0) is 221 Å². The summed E-state index contributed by atoms with van der Waals surface area (Å²) in [5.74, 6) is 0. The zero-order chi connectivity index (χ0) is 52.5. The fourth-order valence-corrected chi connectivity index (χ4v) is 16.0. The van der Waals surface area contributed by atoms with Gasteiger partial charge in [-0.25, -0.2) is 0 Å². The summed E-state index contributed by atoms with van der Waals surface area (Å²) in [4.78, 5) is 5.55. The average Bonchev–Trinajstić information content (AvgIpc) is 3.69. The van der Waals surface area contributed by atoms with Crippen LogP contribution in [0.15, 0.2) is 72.8 Å². The maximum atomic E-state index is 2.78. The van der Waals surface area contributed by atoms with E-state index in [9.17, 15) is 0 Å².